The van der Waals surface area contributed by atoms with Gasteiger partial charge in [0.1, 0.15) is 5.82 Å². The lowest BCUT2D eigenvalue weighted by Gasteiger charge is -2.31. The van der Waals surface area contributed by atoms with Gasteiger partial charge in [0.25, 0.3) is 5.91 Å². The first-order chi connectivity index (χ1) is 8.22. The van der Waals surface area contributed by atoms with Gasteiger partial charge in [-0.2, -0.15) is 0 Å². The van der Waals surface area contributed by atoms with Gasteiger partial charge in [-0.3, -0.25) is 4.79 Å². The van der Waals surface area contributed by atoms with Crippen LogP contribution < -0.4 is 5.73 Å². The van der Waals surface area contributed by atoms with E-state index in [9.17, 15) is 4.79 Å². The van der Waals surface area contributed by atoms with Crippen LogP contribution in [0.15, 0.2) is 12.1 Å². The fourth-order valence-corrected chi connectivity index (χ4v) is 2.40. The molecule has 0 aliphatic carbocycles. The quantitative estimate of drug-likeness (QED) is 0.743. The van der Waals surface area contributed by atoms with E-state index in [2.05, 4.69) is 10.2 Å². The molecular weight excluding hydrogens is 220 g/mol. The van der Waals surface area contributed by atoms with Crippen LogP contribution in [0, 0.1) is 0 Å². The van der Waals surface area contributed by atoms with E-state index in [1.807, 2.05) is 0 Å². The third-order valence-corrected chi connectivity index (χ3v) is 3.24. The molecule has 1 aromatic rings. The maximum atomic E-state index is 12.2. The summed E-state index contributed by atoms with van der Waals surface area (Å²) in [7, 11) is 0. The van der Waals surface area contributed by atoms with Gasteiger partial charge in [-0.15, -0.1) is 10.2 Å². The average molecular weight is 234 g/mol. The average Bonchev–Trinajstić information content (AvgIpc) is 2.68. The van der Waals surface area contributed by atoms with Crippen molar-refractivity contribution in [2.45, 2.75) is 25.0 Å². The molecule has 3 heterocycles. The topological polar surface area (TPSA) is 81.3 Å². The summed E-state index contributed by atoms with van der Waals surface area (Å²) in [5.41, 5.74) is 5.79. The molecule has 2 aliphatic heterocycles. The number of nitrogens with two attached hydrogens (primary N) is 1. The molecule has 0 aromatic carbocycles. The summed E-state index contributed by atoms with van der Waals surface area (Å²) in [4.78, 5) is 14.0. The molecule has 6 nitrogen and oxygen atoms in total. The van der Waals surface area contributed by atoms with Crippen molar-refractivity contribution in [1.82, 2.24) is 15.1 Å². The van der Waals surface area contributed by atoms with Crippen LogP contribution in [0.4, 0.5) is 5.82 Å². The summed E-state index contributed by atoms with van der Waals surface area (Å²) >= 11 is 0. The van der Waals surface area contributed by atoms with Gasteiger partial charge in [0.2, 0.25) is 0 Å². The molecule has 2 unspecified atom stereocenters. The van der Waals surface area contributed by atoms with Crippen LogP contribution in [0.1, 0.15) is 23.3 Å². The van der Waals surface area contributed by atoms with Crippen molar-refractivity contribution in [3.8, 4) is 0 Å². The van der Waals surface area contributed by atoms with E-state index < -0.39 is 0 Å². The Morgan fingerprint density at radius 1 is 1.29 bits per heavy atom. The third kappa shape index (κ3) is 1.95. The summed E-state index contributed by atoms with van der Waals surface area (Å²) in [6, 6.07) is 3.21. The molecule has 2 saturated heterocycles. The summed E-state index contributed by atoms with van der Waals surface area (Å²) < 4.78 is 5.68. The first-order valence-electron chi connectivity index (χ1n) is 5.76. The van der Waals surface area contributed by atoms with Crippen molar-refractivity contribution in [2.75, 3.05) is 18.8 Å². The number of hydrogen-bond acceptors (Lipinski definition) is 5. The van der Waals surface area contributed by atoms with Gasteiger partial charge in [-0.05, 0) is 25.0 Å². The van der Waals surface area contributed by atoms with Crippen LogP contribution in [0.3, 0.4) is 0 Å². The maximum absolute atomic E-state index is 12.2. The second-order valence-electron chi connectivity index (χ2n) is 4.51. The zero-order valence-corrected chi connectivity index (χ0v) is 9.37. The number of carbonyl (C=O) groups is 1. The van der Waals surface area contributed by atoms with E-state index in [0.717, 1.165) is 12.8 Å². The van der Waals surface area contributed by atoms with Gasteiger partial charge in [0.05, 0.1) is 12.2 Å². The molecule has 2 aliphatic rings. The second kappa shape index (κ2) is 3.96. The molecule has 0 radical (unpaired) electrons. The van der Waals surface area contributed by atoms with Gasteiger partial charge in [0, 0.05) is 13.1 Å². The molecular formula is C11H14N4O2. The van der Waals surface area contributed by atoms with Crippen LogP contribution in [0.5, 0.6) is 0 Å². The number of amides is 1. The van der Waals surface area contributed by atoms with Crippen molar-refractivity contribution >= 4 is 11.7 Å². The number of morpholine rings is 1. The van der Waals surface area contributed by atoms with Gasteiger partial charge < -0.3 is 15.4 Å². The van der Waals surface area contributed by atoms with Gasteiger partial charge in [-0.25, -0.2) is 0 Å². The van der Waals surface area contributed by atoms with Crippen LogP contribution in [0.2, 0.25) is 0 Å². The number of ether oxygens (including phenoxy) is 1. The molecule has 2 N–H and O–H groups in total. The Morgan fingerprint density at radius 2 is 2.00 bits per heavy atom. The Balaban J connectivity index is 1.76. The van der Waals surface area contributed by atoms with E-state index in [1.165, 1.54) is 0 Å². The first-order valence-corrected chi connectivity index (χ1v) is 5.76. The van der Waals surface area contributed by atoms with E-state index >= 15 is 0 Å². The maximum Gasteiger partial charge on any atom is 0.274 e. The number of likely N-dealkylation sites (tertiary alicyclic amines) is 1. The molecule has 2 fully saturated rings. The Labute approximate surface area is 98.8 Å². The summed E-state index contributed by atoms with van der Waals surface area (Å²) in [5.74, 6) is 0.237. The predicted molar refractivity (Wildman–Crippen MR) is 60.2 cm³/mol. The van der Waals surface area contributed by atoms with Crippen molar-refractivity contribution in [1.29, 1.82) is 0 Å². The largest absolute Gasteiger partial charge is 0.382 e. The van der Waals surface area contributed by atoms with Crippen LogP contribution in [0.25, 0.3) is 0 Å². The van der Waals surface area contributed by atoms with E-state index in [0.29, 0.717) is 24.6 Å². The van der Waals surface area contributed by atoms with E-state index in [-0.39, 0.29) is 18.1 Å². The Morgan fingerprint density at radius 3 is 2.59 bits per heavy atom. The highest BCUT2D eigenvalue weighted by Gasteiger charge is 2.36. The highest BCUT2D eigenvalue weighted by atomic mass is 16.5. The van der Waals surface area contributed by atoms with E-state index in [1.54, 1.807) is 17.0 Å². The minimum absolute atomic E-state index is 0.0855. The number of nitrogen functional groups attached to an aromatic ring is 1. The summed E-state index contributed by atoms with van der Waals surface area (Å²) in [6.45, 7) is 1.31. The number of rotatable bonds is 1. The van der Waals surface area contributed by atoms with Gasteiger partial charge in [-0.1, -0.05) is 0 Å². The normalized spacial score (nSPS) is 27.2. The molecule has 1 amide bonds. The van der Waals surface area contributed by atoms with Crippen molar-refractivity contribution in [2.24, 2.45) is 0 Å². The number of fused-ring (bicyclic) bond motifs is 2. The molecule has 90 valence electrons. The van der Waals surface area contributed by atoms with Gasteiger partial charge >= 0.3 is 0 Å². The highest BCUT2D eigenvalue weighted by molar-refractivity contribution is 5.92. The first kappa shape index (κ1) is 10.5. The van der Waals surface area contributed by atoms with Crippen molar-refractivity contribution in [3.05, 3.63) is 17.8 Å². The zero-order chi connectivity index (χ0) is 11.8. The van der Waals surface area contributed by atoms with Crippen molar-refractivity contribution < 1.29 is 9.53 Å². The minimum Gasteiger partial charge on any atom is -0.382 e. The number of hydrogen-bond donors (Lipinski definition) is 1. The van der Waals surface area contributed by atoms with Gasteiger partial charge in [0.15, 0.2) is 5.69 Å². The zero-order valence-electron chi connectivity index (χ0n) is 9.37. The fraction of sp³-hybridized carbons (Fsp3) is 0.545. The fourth-order valence-electron chi connectivity index (χ4n) is 2.40. The second-order valence-corrected chi connectivity index (χ2v) is 4.51. The molecule has 2 bridgehead atoms. The lowest BCUT2D eigenvalue weighted by Crippen LogP contribution is -2.46. The molecule has 0 spiro atoms. The number of anilines is 1. The molecule has 0 saturated carbocycles. The van der Waals surface area contributed by atoms with Crippen molar-refractivity contribution in [3.63, 3.8) is 0 Å². The summed E-state index contributed by atoms with van der Waals surface area (Å²) in [6.07, 6.45) is 2.47. The monoisotopic (exact) mass is 234 g/mol. The Bertz CT molecular complexity index is 422. The molecule has 6 heteroatoms. The number of aromatic nitrogens is 2. The predicted octanol–water partition coefficient (Wildman–Crippen LogP) is 0.0622. The number of carbonyl (C=O) groups excluding carboxylic acids is 1. The SMILES string of the molecule is Nc1ccc(C(=O)N2CC3CCC(C2)O3)nn1. The van der Waals surface area contributed by atoms with E-state index in [4.69, 9.17) is 10.5 Å². The lowest BCUT2D eigenvalue weighted by atomic mass is 10.2. The Hall–Kier alpha value is -1.69. The molecule has 2 atom stereocenters. The molecule has 17 heavy (non-hydrogen) atoms. The van der Waals surface area contributed by atoms with Crippen LogP contribution >= 0.6 is 0 Å². The minimum atomic E-state index is -0.0855. The standard InChI is InChI=1S/C11H14N4O2/c12-10-4-3-9(13-14-10)11(16)15-5-7-1-2-8(6-15)17-7/h3-4,7-8H,1-2,5-6H2,(H2,12,14). The lowest BCUT2D eigenvalue weighted by molar-refractivity contribution is -0.0305. The Kier molecular flexibility index (Phi) is 2.44. The molecule has 3 rings (SSSR count). The molecule has 1 aromatic heterocycles. The smallest absolute Gasteiger partial charge is 0.274 e. The highest BCUT2D eigenvalue weighted by Crippen LogP contribution is 2.26. The summed E-state index contributed by atoms with van der Waals surface area (Å²) in [5, 5.41) is 7.51. The number of nitrogens with zero attached hydrogens (tertiary/aromatic N) is 3. The third-order valence-electron chi connectivity index (χ3n) is 3.24. The van der Waals surface area contributed by atoms with Crippen LogP contribution in [-0.4, -0.2) is 46.3 Å². The van der Waals surface area contributed by atoms with Crippen LogP contribution in [-0.2, 0) is 4.74 Å².